The Bertz CT molecular complexity index is 600. The Hall–Kier alpha value is -1.44. The molecule has 1 aromatic rings. The van der Waals surface area contributed by atoms with Crippen LogP contribution in [0.2, 0.25) is 0 Å². The SMILES string of the molecule is CN(C)c1cc(N2CC3(CC(OCC4CCOCC4)CCO3)C2)ncn1. The van der Waals surface area contributed by atoms with Crippen LogP contribution in [0.3, 0.4) is 0 Å². The average molecular weight is 362 g/mol. The second kappa shape index (κ2) is 7.66. The molecule has 1 unspecified atom stereocenters. The summed E-state index contributed by atoms with van der Waals surface area (Å²) in [6.45, 7) is 5.19. The first kappa shape index (κ1) is 17.9. The van der Waals surface area contributed by atoms with E-state index in [1.54, 1.807) is 6.33 Å². The Labute approximate surface area is 155 Å². The van der Waals surface area contributed by atoms with E-state index in [2.05, 4.69) is 14.9 Å². The minimum atomic E-state index is -0.0676. The van der Waals surface area contributed by atoms with Crippen LogP contribution in [0.1, 0.15) is 25.7 Å². The number of nitrogens with zero attached hydrogens (tertiary/aromatic N) is 4. The van der Waals surface area contributed by atoms with Crippen molar-refractivity contribution in [1.29, 1.82) is 0 Å². The maximum atomic E-state index is 6.26. The van der Waals surface area contributed by atoms with Crippen molar-refractivity contribution < 1.29 is 14.2 Å². The van der Waals surface area contributed by atoms with Gasteiger partial charge in [-0.05, 0) is 25.2 Å². The monoisotopic (exact) mass is 362 g/mol. The Balaban J connectivity index is 1.29. The number of aromatic nitrogens is 2. The van der Waals surface area contributed by atoms with E-state index in [-0.39, 0.29) is 5.60 Å². The van der Waals surface area contributed by atoms with Gasteiger partial charge in [0.1, 0.15) is 23.6 Å². The topological polar surface area (TPSA) is 60.0 Å². The van der Waals surface area contributed by atoms with Gasteiger partial charge in [0, 0.05) is 53.0 Å². The van der Waals surface area contributed by atoms with Crippen LogP contribution in [0.25, 0.3) is 0 Å². The number of rotatable bonds is 5. The average Bonchev–Trinajstić information content (AvgIpc) is 2.65. The molecular weight excluding hydrogens is 332 g/mol. The van der Waals surface area contributed by atoms with Crippen molar-refractivity contribution in [1.82, 2.24) is 9.97 Å². The zero-order valence-corrected chi connectivity index (χ0v) is 15.9. The van der Waals surface area contributed by atoms with E-state index in [1.165, 1.54) is 0 Å². The number of ether oxygens (including phenoxy) is 3. The van der Waals surface area contributed by atoms with E-state index in [9.17, 15) is 0 Å². The fraction of sp³-hybridized carbons (Fsp3) is 0.789. The van der Waals surface area contributed by atoms with Gasteiger partial charge in [-0.25, -0.2) is 9.97 Å². The van der Waals surface area contributed by atoms with Gasteiger partial charge in [-0.15, -0.1) is 0 Å². The summed E-state index contributed by atoms with van der Waals surface area (Å²) >= 11 is 0. The summed E-state index contributed by atoms with van der Waals surface area (Å²) in [6.07, 6.45) is 6.20. The van der Waals surface area contributed by atoms with Crippen molar-refractivity contribution in [2.45, 2.75) is 37.4 Å². The Morgan fingerprint density at radius 3 is 2.77 bits per heavy atom. The molecule has 0 bridgehead atoms. The smallest absolute Gasteiger partial charge is 0.134 e. The Morgan fingerprint density at radius 2 is 2.00 bits per heavy atom. The third kappa shape index (κ3) is 3.94. The summed E-state index contributed by atoms with van der Waals surface area (Å²) in [5.41, 5.74) is -0.0676. The lowest BCUT2D eigenvalue weighted by Gasteiger charge is -2.53. The van der Waals surface area contributed by atoms with Crippen molar-refractivity contribution in [2.24, 2.45) is 5.92 Å². The van der Waals surface area contributed by atoms with E-state index in [0.717, 1.165) is 76.8 Å². The summed E-state index contributed by atoms with van der Waals surface area (Å²) in [4.78, 5) is 13.0. The fourth-order valence-corrected chi connectivity index (χ4v) is 4.10. The molecule has 1 aromatic heterocycles. The largest absolute Gasteiger partial charge is 0.381 e. The minimum Gasteiger partial charge on any atom is -0.381 e. The highest BCUT2D eigenvalue weighted by molar-refractivity contribution is 5.52. The van der Waals surface area contributed by atoms with Gasteiger partial charge in [0.2, 0.25) is 0 Å². The Kier molecular flexibility index (Phi) is 5.29. The first-order valence-electron chi connectivity index (χ1n) is 9.71. The molecule has 3 aliphatic rings. The molecule has 7 heteroatoms. The molecule has 1 atom stereocenters. The van der Waals surface area contributed by atoms with Gasteiger partial charge in [0.05, 0.1) is 19.2 Å². The molecule has 3 fully saturated rings. The normalized spacial score (nSPS) is 25.9. The van der Waals surface area contributed by atoms with Gasteiger partial charge >= 0.3 is 0 Å². The van der Waals surface area contributed by atoms with Crippen LogP contribution >= 0.6 is 0 Å². The lowest BCUT2D eigenvalue weighted by Crippen LogP contribution is -2.66. The molecule has 0 amide bonds. The zero-order valence-electron chi connectivity index (χ0n) is 15.9. The third-order valence-corrected chi connectivity index (χ3v) is 5.73. The van der Waals surface area contributed by atoms with Crippen LogP contribution in [0, 0.1) is 5.92 Å². The molecule has 0 N–H and O–H groups in total. The van der Waals surface area contributed by atoms with Gasteiger partial charge in [0.25, 0.3) is 0 Å². The van der Waals surface area contributed by atoms with Crippen molar-refractivity contribution in [2.75, 3.05) is 63.4 Å². The molecule has 0 saturated carbocycles. The van der Waals surface area contributed by atoms with Crippen LogP contribution in [-0.2, 0) is 14.2 Å². The molecule has 26 heavy (non-hydrogen) atoms. The maximum Gasteiger partial charge on any atom is 0.134 e. The number of anilines is 2. The van der Waals surface area contributed by atoms with Crippen LogP contribution in [0.5, 0.6) is 0 Å². The summed E-state index contributed by atoms with van der Waals surface area (Å²) in [5.74, 6) is 2.56. The first-order chi connectivity index (χ1) is 12.6. The molecule has 0 aliphatic carbocycles. The molecule has 3 aliphatic heterocycles. The van der Waals surface area contributed by atoms with Crippen molar-refractivity contribution in [3.05, 3.63) is 12.4 Å². The molecule has 4 heterocycles. The predicted molar refractivity (Wildman–Crippen MR) is 99.8 cm³/mol. The highest BCUT2D eigenvalue weighted by Gasteiger charge is 2.48. The maximum absolute atomic E-state index is 6.26. The number of hydrogen-bond acceptors (Lipinski definition) is 7. The summed E-state index contributed by atoms with van der Waals surface area (Å²) in [5, 5.41) is 0. The van der Waals surface area contributed by atoms with E-state index >= 15 is 0 Å². The van der Waals surface area contributed by atoms with E-state index < -0.39 is 0 Å². The Morgan fingerprint density at radius 1 is 1.19 bits per heavy atom. The highest BCUT2D eigenvalue weighted by atomic mass is 16.5. The quantitative estimate of drug-likeness (QED) is 0.790. The molecule has 0 radical (unpaired) electrons. The van der Waals surface area contributed by atoms with Gasteiger partial charge < -0.3 is 24.0 Å². The van der Waals surface area contributed by atoms with E-state index in [0.29, 0.717) is 12.0 Å². The fourth-order valence-electron chi connectivity index (χ4n) is 4.10. The molecule has 3 saturated heterocycles. The standard InChI is InChI=1S/C19H30N4O3/c1-22(2)17-9-18(21-14-20-17)23-12-19(13-23)10-16(5-8-26-19)25-11-15-3-6-24-7-4-15/h9,14-16H,3-8,10-13H2,1-2H3. The number of hydrogen-bond donors (Lipinski definition) is 0. The molecule has 1 spiro atoms. The second-order valence-corrected chi connectivity index (χ2v) is 8.02. The van der Waals surface area contributed by atoms with Crippen LogP contribution < -0.4 is 9.80 Å². The van der Waals surface area contributed by atoms with Crippen molar-refractivity contribution in [3.63, 3.8) is 0 Å². The van der Waals surface area contributed by atoms with Gasteiger partial charge in [0.15, 0.2) is 0 Å². The molecule has 4 rings (SSSR count). The molecular formula is C19H30N4O3. The minimum absolute atomic E-state index is 0.0676. The zero-order chi connectivity index (χ0) is 18.0. The van der Waals surface area contributed by atoms with Crippen LogP contribution in [-0.4, -0.2) is 75.3 Å². The van der Waals surface area contributed by atoms with Gasteiger partial charge in [-0.1, -0.05) is 0 Å². The predicted octanol–water partition coefficient (Wildman–Crippen LogP) is 1.72. The summed E-state index contributed by atoms with van der Waals surface area (Å²) < 4.78 is 17.8. The first-order valence-corrected chi connectivity index (χ1v) is 9.71. The summed E-state index contributed by atoms with van der Waals surface area (Å²) in [7, 11) is 3.99. The molecule has 7 nitrogen and oxygen atoms in total. The molecule has 0 aromatic carbocycles. The highest BCUT2D eigenvalue weighted by Crippen LogP contribution is 2.38. The summed E-state index contributed by atoms with van der Waals surface area (Å²) in [6, 6.07) is 2.04. The lowest BCUT2D eigenvalue weighted by molar-refractivity contribution is -0.150. The van der Waals surface area contributed by atoms with Gasteiger partial charge in [-0.2, -0.15) is 0 Å². The van der Waals surface area contributed by atoms with E-state index in [4.69, 9.17) is 14.2 Å². The van der Waals surface area contributed by atoms with E-state index in [1.807, 2.05) is 25.1 Å². The van der Waals surface area contributed by atoms with Crippen molar-refractivity contribution in [3.8, 4) is 0 Å². The third-order valence-electron chi connectivity index (χ3n) is 5.73. The van der Waals surface area contributed by atoms with Gasteiger partial charge in [-0.3, -0.25) is 0 Å². The second-order valence-electron chi connectivity index (χ2n) is 8.02. The molecule has 144 valence electrons. The lowest BCUT2D eigenvalue weighted by atomic mass is 9.84. The van der Waals surface area contributed by atoms with Crippen molar-refractivity contribution >= 4 is 11.6 Å². The van der Waals surface area contributed by atoms with Crippen LogP contribution in [0.4, 0.5) is 11.6 Å². The van der Waals surface area contributed by atoms with Crippen LogP contribution in [0.15, 0.2) is 12.4 Å².